The second kappa shape index (κ2) is 9.97. The molecule has 0 aliphatic carbocycles. The van der Waals surface area contributed by atoms with Crippen LogP contribution in [0, 0.1) is 5.92 Å². The first-order valence-electron chi connectivity index (χ1n) is 6.01. The molecule has 0 radical (unpaired) electrons. The van der Waals surface area contributed by atoms with E-state index in [1.807, 2.05) is 0 Å². The maximum atomic E-state index is 11.3. The van der Waals surface area contributed by atoms with Crippen molar-refractivity contribution in [1.82, 2.24) is 0 Å². The monoisotopic (exact) mass is 216 g/mol. The van der Waals surface area contributed by atoms with Gasteiger partial charge in [-0.15, -0.1) is 0 Å². The van der Waals surface area contributed by atoms with Gasteiger partial charge in [0.05, 0.1) is 6.61 Å². The Labute approximate surface area is 92.8 Å². The highest BCUT2D eigenvalue weighted by Gasteiger charge is 2.09. The lowest BCUT2D eigenvalue weighted by Crippen LogP contribution is -2.09. The summed E-state index contributed by atoms with van der Waals surface area (Å²) in [6, 6.07) is 0. The molecule has 0 saturated carbocycles. The van der Waals surface area contributed by atoms with E-state index in [0.29, 0.717) is 18.9 Å². The number of hydrogen-bond acceptors (Lipinski definition) is 3. The van der Waals surface area contributed by atoms with Crippen molar-refractivity contribution in [2.24, 2.45) is 5.92 Å². The van der Waals surface area contributed by atoms with Crippen LogP contribution in [-0.2, 0) is 9.53 Å². The van der Waals surface area contributed by atoms with E-state index in [-0.39, 0.29) is 12.6 Å². The van der Waals surface area contributed by atoms with E-state index in [0.717, 1.165) is 32.1 Å². The zero-order chi connectivity index (χ0) is 11.5. The van der Waals surface area contributed by atoms with Gasteiger partial charge in [0, 0.05) is 13.0 Å². The largest absolute Gasteiger partial charge is 0.466 e. The summed E-state index contributed by atoms with van der Waals surface area (Å²) in [7, 11) is 0. The number of unbranched alkanes of at least 4 members (excludes halogenated alkanes) is 1. The van der Waals surface area contributed by atoms with E-state index in [1.54, 1.807) is 0 Å². The molecule has 0 aromatic carbocycles. The molecule has 0 aromatic heterocycles. The summed E-state index contributed by atoms with van der Waals surface area (Å²) in [4.78, 5) is 11.3. The smallest absolute Gasteiger partial charge is 0.305 e. The van der Waals surface area contributed by atoms with Crippen molar-refractivity contribution in [3.05, 3.63) is 0 Å². The van der Waals surface area contributed by atoms with Crippen molar-refractivity contribution in [2.45, 2.75) is 52.4 Å². The second-order valence-corrected chi connectivity index (χ2v) is 3.90. The number of aliphatic hydroxyl groups excluding tert-OH is 1. The molecule has 0 heterocycles. The van der Waals surface area contributed by atoms with Gasteiger partial charge >= 0.3 is 5.97 Å². The molecule has 0 rings (SSSR count). The Morgan fingerprint density at radius 3 is 2.60 bits per heavy atom. The van der Waals surface area contributed by atoms with Crippen molar-refractivity contribution < 1.29 is 14.6 Å². The molecule has 0 saturated heterocycles. The Bertz CT molecular complexity index is 157. The highest BCUT2D eigenvalue weighted by Crippen LogP contribution is 2.15. The lowest BCUT2D eigenvalue weighted by Gasteiger charge is -2.12. The van der Waals surface area contributed by atoms with Gasteiger partial charge in [0.25, 0.3) is 0 Å². The van der Waals surface area contributed by atoms with Crippen LogP contribution in [0.3, 0.4) is 0 Å². The minimum absolute atomic E-state index is 0.0974. The molecule has 0 bridgehead atoms. The van der Waals surface area contributed by atoms with Gasteiger partial charge in [0.2, 0.25) is 0 Å². The van der Waals surface area contributed by atoms with Crippen molar-refractivity contribution in [1.29, 1.82) is 0 Å². The average Bonchev–Trinajstić information content (AvgIpc) is 2.24. The van der Waals surface area contributed by atoms with Crippen LogP contribution in [0.2, 0.25) is 0 Å². The molecule has 0 spiro atoms. The predicted octanol–water partition coefficient (Wildman–Crippen LogP) is 2.52. The average molecular weight is 216 g/mol. The van der Waals surface area contributed by atoms with Gasteiger partial charge in [-0.3, -0.25) is 4.79 Å². The number of rotatable bonds is 9. The fraction of sp³-hybridized carbons (Fsp3) is 0.917. The Kier molecular flexibility index (Phi) is 9.59. The number of esters is 1. The van der Waals surface area contributed by atoms with Crippen LogP contribution in [0.15, 0.2) is 0 Å². The quantitative estimate of drug-likeness (QED) is 0.476. The van der Waals surface area contributed by atoms with E-state index in [2.05, 4.69) is 13.8 Å². The second-order valence-electron chi connectivity index (χ2n) is 3.90. The van der Waals surface area contributed by atoms with Crippen LogP contribution in [0.5, 0.6) is 0 Å². The Morgan fingerprint density at radius 2 is 2.07 bits per heavy atom. The van der Waals surface area contributed by atoms with Crippen LogP contribution >= 0.6 is 0 Å². The topological polar surface area (TPSA) is 46.5 Å². The third kappa shape index (κ3) is 8.43. The summed E-state index contributed by atoms with van der Waals surface area (Å²) >= 11 is 0. The first-order chi connectivity index (χ1) is 7.24. The molecule has 0 amide bonds. The fourth-order valence-corrected chi connectivity index (χ4v) is 1.46. The van der Waals surface area contributed by atoms with E-state index < -0.39 is 0 Å². The Morgan fingerprint density at radius 1 is 1.33 bits per heavy atom. The summed E-state index contributed by atoms with van der Waals surface area (Å²) in [5.74, 6) is 0.355. The molecule has 0 fully saturated rings. The minimum atomic E-state index is -0.0974. The fourth-order valence-electron chi connectivity index (χ4n) is 1.46. The van der Waals surface area contributed by atoms with Crippen molar-refractivity contribution in [2.75, 3.05) is 13.2 Å². The molecule has 15 heavy (non-hydrogen) atoms. The number of hydrogen-bond donors (Lipinski definition) is 1. The van der Waals surface area contributed by atoms with Gasteiger partial charge in [-0.1, -0.05) is 26.7 Å². The standard InChI is InChI=1S/C12H24O3/c1-3-5-10-15-12(14)7-6-11(4-2)8-9-13/h11,13H,3-10H2,1-2H3/t11-/m0/s1. The van der Waals surface area contributed by atoms with Crippen molar-refractivity contribution >= 4 is 5.97 Å². The van der Waals surface area contributed by atoms with Crippen LogP contribution in [-0.4, -0.2) is 24.3 Å². The summed E-state index contributed by atoms with van der Waals surface area (Å²) in [5, 5.41) is 8.79. The molecule has 1 N–H and O–H groups in total. The van der Waals surface area contributed by atoms with E-state index in [9.17, 15) is 4.79 Å². The highest BCUT2D eigenvalue weighted by molar-refractivity contribution is 5.69. The Hall–Kier alpha value is -0.570. The molecule has 90 valence electrons. The van der Waals surface area contributed by atoms with Gasteiger partial charge in [-0.05, 0) is 25.2 Å². The SMILES string of the molecule is CCCCOC(=O)CC[C@H](CC)CCO. The van der Waals surface area contributed by atoms with Crippen molar-refractivity contribution in [3.63, 3.8) is 0 Å². The summed E-state index contributed by atoms with van der Waals surface area (Å²) < 4.78 is 5.05. The van der Waals surface area contributed by atoms with Gasteiger partial charge in [-0.2, -0.15) is 0 Å². The molecule has 1 atom stereocenters. The third-order valence-electron chi connectivity index (χ3n) is 2.63. The van der Waals surface area contributed by atoms with Crippen LogP contribution in [0.1, 0.15) is 52.4 Å². The van der Waals surface area contributed by atoms with Crippen LogP contribution in [0.4, 0.5) is 0 Å². The van der Waals surface area contributed by atoms with E-state index in [4.69, 9.17) is 9.84 Å². The molecule has 3 nitrogen and oxygen atoms in total. The lowest BCUT2D eigenvalue weighted by atomic mass is 9.97. The highest BCUT2D eigenvalue weighted by atomic mass is 16.5. The zero-order valence-corrected chi connectivity index (χ0v) is 10.00. The van der Waals surface area contributed by atoms with Crippen molar-refractivity contribution in [3.8, 4) is 0 Å². The number of aliphatic hydroxyl groups is 1. The molecular weight excluding hydrogens is 192 g/mol. The van der Waals surface area contributed by atoms with E-state index >= 15 is 0 Å². The first kappa shape index (κ1) is 14.4. The summed E-state index contributed by atoms with van der Waals surface area (Å²) in [6.45, 7) is 4.92. The third-order valence-corrected chi connectivity index (χ3v) is 2.63. The molecule has 0 aromatic rings. The molecule has 0 aliphatic rings. The summed E-state index contributed by atoms with van der Waals surface area (Å²) in [5.41, 5.74) is 0. The Balaban J connectivity index is 3.50. The normalized spacial score (nSPS) is 12.5. The first-order valence-corrected chi connectivity index (χ1v) is 6.01. The predicted molar refractivity (Wildman–Crippen MR) is 60.6 cm³/mol. The van der Waals surface area contributed by atoms with Gasteiger partial charge in [-0.25, -0.2) is 0 Å². The number of ether oxygens (including phenoxy) is 1. The molecule has 0 unspecified atom stereocenters. The molecule has 0 aliphatic heterocycles. The number of carbonyl (C=O) groups is 1. The minimum Gasteiger partial charge on any atom is -0.466 e. The number of carbonyl (C=O) groups excluding carboxylic acids is 1. The maximum absolute atomic E-state index is 11.3. The van der Waals surface area contributed by atoms with Gasteiger partial charge < -0.3 is 9.84 Å². The zero-order valence-electron chi connectivity index (χ0n) is 10.00. The summed E-state index contributed by atoms with van der Waals surface area (Å²) in [6.07, 6.45) is 5.13. The molecule has 3 heteroatoms. The maximum Gasteiger partial charge on any atom is 0.305 e. The van der Waals surface area contributed by atoms with Crippen LogP contribution in [0.25, 0.3) is 0 Å². The van der Waals surface area contributed by atoms with Crippen LogP contribution < -0.4 is 0 Å². The lowest BCUT2D eigenvalue weighted by molar-refractivity contribution is -0.144. The molecular formula is C12H24O3. The van der Waals surface area contributed by atoms with Gasteiger partial charge in [0.1, 0.15) is 0 Å². The van der Waals surface area contributed by atoms with Gasteiger partial charge in [0.15, 0.2) is 0 Å². The van der Waals surface area contributed by atoms with E-state index in [1.165, 1.54) is 0 Å².